The minimum atomic E-state index is -0.877. The third-order valence-corrected chi connectivity index (χ3v) is 12.0. The molecule has 4 N–H and O–H groups in total. The molecule has 0 aliphatic carbocycles. The predicted octanol–water partition coefficient (Wildman–Crippen LogP) is 11.5. The number of aliphatic hydroxyl groups is 4. The zero-order valence-electron chi connectivity index (χ0n) is 40.3. The van der Waals surface area contributed by atoms with Gasteiger partial charge in [0.15, 0.2) is 0 Å². The molecule has 0 amide bonds. The lowest BCUT2D eigenvalue weighted by molar-refractivity contribution is -0.165. The van der Waals surface area contributed by atoms with Gasteiger partial charge in [0.25, 0.3) is 0 Å². The molecule has 5 unspecified atom stereocenters. The Morgan fingerprint density at radius 3 is 1.39 bits per heavy atom. The van der Waals surface area contributed by atoms with Crippen molar-refractivity contribution in [3.63, 3.8) is 0 Å². The van der Waals surface area contributed by atoms with E-state index in [-0.39, 0.29) is 43.6 Å². The first-order valence-corrected chi connectivity index (χ1v) is 24.5. The van der Waals surface area contributed by atoms with Crippen LogP contribution in [0.3, 0.4) is 0 Å². The van der Waals surface area contributed by atoms with Crippen LogP contribution in [0.25, 0.3) is 0 Å². The molecule has 0 radical (unpaired) electrons. The molecular weight excluding hydrogens is 785 g/mol. The van der Waals surface area contributed by atoms with Crippen LogP contribution in [0.2, 0.25) is 0 Å². The minimum Gasteiger partial charge on any atom is -0.465 e. The normalized spacial score (nSPS) is 14.6. The molecule has 0 heterocycles. The first-order chi connectivity index (χ1) is 29.7. The number of aliphatic hydroxyl groups excluding tert-OH is 4. The molecule has 0 aliphatic rings. The van der Waals surface area contributed by atoms with E-state index in [2.05, 4.69) is 32.6 Å². The van der Waals surface area contributed by atoms with Crippen LogP contribution >= 0.6 is 0 Å². The fourth-order valence-corrected chi connectivity index (χ4v) is 7.77. The number of benzene rings is 1. The minimum absolute atomic E-state index is 0.102. The Bertz CT molecular complexity index is 1270. The third kappa shape index (κ3) is 29.6. The van der Waals surface area contributed by atoms with Gasteiger partial charge in [-0.3, -0.25) is 9.59 Å². The van der Waals surface area contributed by atoms with E-state index in [1.165, 1.54) is 89.9 Å². The van der Waals surface area contributed by atoms with E-state index in [9.17, 15) is 19.5 Å². The Morgan fingerprint density at radius 1 is 0.597 bits per heavy atom. The summed E-state index contributed by atoms with van der Waals surface area (Å²) in [5, 5.41) is 36.1. The van der Waals surface area contributed by atoms with Crippen molar-refractivity contribution in [2.24, 2.45) is 10.8 Å². The summed E-state index contributed by atoms with van der Waals surface area (Å²) in [5.41, 5.74) is -0.137. The van der Waals surface area contributed by atoms with Gasteiger partial charge in [-0.05, 0) is 96.5 Å². The zero-order valence-corrected chi connectivity index (χ0v) is 40.3. The van der Waals surface area contributed by atoms with Gasteiger partial charge in [-0.15, -0.1) is 0 Å². The van der Waals surface area contributed by atoms with Gasteiger partial charge in [0.05, 0.1) is 56.1 Å². The Kier molecular flexibility index (Phi) is 35.9. The fourth-order valence-electron chi connectivity index (χ4n) is 7.77. The smallest absolute Gasteiger partial charge is 0.333 e. The standard InChI is InChI=1S/C42H74O6.C10H18O4/c1-6-8-9-10-11-12-13-14-15-16-17-18-19-20-21-26-31-47-39(45)41(4,7-2)35-42(5,33-36(3)37-28-23-22-24-29-37)40(46)48-32-27-25-30-38(44)34-43;1-8(2)10(13)14-6-4-3-5-9(12)7-11/h22-24,28-29,36,38,43-44H,6-21,25-27,30-35H2,1-5H3;9,11-12H,1,3-7H2,2H3. The van der Waals surface area contributed by atoms with Crippen LogP contribution in [0.5, 0.6) is 0 Å². The van der Waals surface area contributed by atoms with Crippen molar-refractivity contribution in [2.45, 2.75) is 220 Å². The number of carbonyl (C=O) groups is 3. The highest BCUT2D eigenvalue weighted by atomic mass is 16.5. The summed E-state index contributed by atoms with van der Waals surface area (Å²) >= 11 is 0. The van der Waals surface area contributed by atoms with Crippen LogP contribution in [-0.4, -0.2) is 83.6 Å². The Hall–Kier alpha value is -2.79. The fraction of sp³-hybridized carbons (Fsp3) is 0.788. The van der Waals surface area contributed by atoms with Crippen LogP contribution in [0.1, 0.15) is 214 Å². The SMILES string of the molecule is C=C(C)C(=O)OCCCCC(O)CO.CCCCCCCCCCCCCCCCCCOC(=O)C(C)(CC)CC(C)(CC(C)c1ccccc1)C(=O)OCCCCC(O)CO. The second kappa shape index (κ2) is 37.6. The van der Waals surface area contributed by atoms with Gasteiger partial charge in [0, 0.05) is 5.57 Å². The largest absolute Gasteiger partial charge is 0.465 e. The Labute approximate surface area is 378 Å². The molecule has 62 heavy (non-hydrogen) atoms. The number of ether oxygens (including phenoxy) is 3. The number of rotatable bonds is 38. The van der Waals surface area contributed by atoms with Gasteiger partial charge in [-0.1, -0.05) is 154 Å². The highest BCUT2D eigenvalue weighted by molar-refractivity contribution is 5.86. The van der Waals surface area contributed by atoms with Crippen molar-refractivity contribution >= 4 is 17.9 Å². The van der Waals surface area contributed by atoms with Crippen LogP contribution in [0.4, 0.5) is 0 Å². The van der Waals surface area contributed by atoms with Crippen LogP contribution in [-0.2, 0) is 28.6 Å². The molecule has 1 aromatic rings. The molecule has 0 aromatic heterocycles. The molecule has 0 aliphatic heterocycles. The molecule has 5 atom stereocenters. The summed E-state index contributed by atoms with van der Waals surface area (Å²) in [6, 6.07) is 10.2. The average Bonchev–Trinajstić information content (AvgIpc) is 3.26. The highest BCUT2D eigenvalue weighted by Gasteiger charge is 2.46. The van der Waals surface area contributed by atoms with Gasteiger partial charge in [-0.2, -0.15) is 0 Å². The first kappa shape index (κ1) is 59.2. The lowest BCUT2D eigenvalue weighted by atomic mass is 9.67. The summed E-state index contributed by atoms with van der Waals surface area (Å²) in [6.45, 7) is 15.8. The summed E-state index contributed by atoms with van der Waals surface area (Å²) in [5.74, 6) is -0.799. The molecule has 0 fully saturated rings. The second-order valence-corrected chi connectivity index (χ2v) is 18.3. The van der Waals surface area contributed by atoms with Crippen molar-refractivity contribution in [1.29, 1.82) is 0 Å². The molecule has 1 rings (SSSR count). The molecule has 0 bridgehead atoms. The molecule has 1 aromatic carbocycles. The first-order valence-electron chi connectivity index (χ1n) is 24.5. The Morgan fingerprint density at radius 2 is 0.984 bits per heavy atom. The maximum atomic E-state index is 13.7. The number of hydrogen-bond donors (Lipinski definition) is 4. The van der Waals surface area contributed by atoms with Crippen LogP contribution < -0.4 is 0 Å². The van der Waals surface area contributed by atoms with Crippen molar-refractivity contribution in [3.05, 3.63) is 48.0 Å². The van der Waals surface area contributed by atoms with Crippen molar-refractivity contribution in [2.75, 3.05) is 33.0 Å². The lowest BCUT2D eigenvalue weighted by Crippen LogP contribution is -2.41. The molecular formula is C52H92O10. The number of hydrogen-bond acceptors (Lipinski definition) is 10. The summed E-state index contributed by atoms with van der Waals surface area (Å²) in [7, 11) is 0. The molecule has 360 valence electrons. The van der Waals surface area contributed by atoms with E-state index in [1.807, 2.05) is 39.0 Å². The lowest BCUT2D eigenvalue weighted by Gasteiger charge is -2.37. The molecule has 0 saturated heterocycles. The van der Waals surface area contributed by atoms with Crippen LogP contribution in [0.15, 0.2) is 42.5 Å². The van der Waals surface area contributed by atoms with Gasteiger partial charge >= 0.3 is 17.9 Å². The van der Waals surface area contributed by atoms with Gasteiger partial charge in [0.2, 0.25) is 0 Å². The van der Waals surface area contributed by atoms with Gasteiger partial charge in [-0.25, -0.2) is 4.79 Å². The van der Waals surface area contributed by atoms with Crippen molar-refractivity contribution < 1.29 is 49.0 Å². The quantitative estimate of drug-likeness (QED) is 0.0218. The maximum Gasteiger partial charge on any atom is 0.333 e. The van der Waals surface area contributed by atoms with E-state index >= 15 is 0 Å². The number of carbonyl (C=O) groups excluding carboxylic acids is 3. The molecule has 10 heteroatoms. The molecule has 0 saturated carbocycles. The highest BCUT2D eigenvalue weighted by Crippen LogP contribution is 2.44. The summed E-state index contributed by atoms with van der Waals surface area (Å²) < 4.78 is 16.5. The van der Waals surface area contributed by atoms with E-state index in [4.69, 9.17) is 29.5 Å². The van der Waals surface area contributed by atoms with Gasteiger partial charge < -0.3 is 34.6 Å². The maximum absolute atomic E-state index is 13.7. The summed E-state index contributed by atoms with van der Waals surface area (Å²) in [4.78, 5) is 38.0. The topological polar surface area (TPSA) is 160 Å². The Balaban J connectivity index is 0.00000226. The monoisotopic (exact) mass is 877 g/mol. The van der Waals surface area contributed by atoms with Crippen molar-refractivity contribution in [3.8, 4) is 0 Å². The van der Waals surface area contributed by atoms with Gasteiger partial charge in [0.1, 0.15) is 0 Å². The third-order valence-electron chi connectivity index (χ3n) is 12.0. The second-order valence-electron chi connectivity index (χ2n) is 18.3. The van der Waals surface area contributed by atoms with E-state index in [0.717, 1.165) is 24.8 Å². The van der Waals surface area contributed by atoms with Crippen molar-refractivity contribution in [1.82, 2.24) is 0 Å². The zero-order chi connectivity index (χ0) is 46.5. The van der Waals surface area contributed by atoms with E-state index in [1.54, 1.807) is 6.92 Å². The van der Waals surface area contributed by atoms with E-state index < -0.39 is 23.0 Å². The van der Waals surface area contributed by atoms with Crippen LogP contribution in [0, 0.1) is 10.8 Å². The van der Waals surface area contributed by atoms with E-state index in [0.29, 0.717) is 70.2 Å². The molecule has 10 nitrogen and oxygen atoms in total. The number of esters is 3. The predicted molar refractivity (Wildman–Crippen MR) is 252 cm³/mol. The average molecular weight is 877 g/mol. The molecule has 0 spiro atoms. The number of unbranched alkanes of at least 4 members (excludes halogenated alkanes) is 17. The summed E-state index contributed by atoms with van der Waals surface area (Å²) in [6.07, 6.45) is 24.7.